The molecule has 110 valence electrons. The van der Waals surface area contributed by atoms with Crippen molar-refractivity contribution in [3.8, 4) is 17.0 Å². The molecule has 0 bridgehead atoms. The highest BCUT2D eigenvalue weighted by Gasteiger charge is 2.12. The smallest absolute Gasteiger partial charge is 0.284 e. The number of carbonyl (C=O) groups is 1. The summed E-state index contributed by atoms with van der Waals surface area (Å²) in [6.07, 6.45) is 0. The molecule has 0 unspecified atom stereocenters. The number of anilines is 1. The maximum atomic E-state index is 12.8. The molecule has 22 heavy (non-hydrogen) atoms. The van der Waals surface area contributed by atoms with E-state index in [1.165, 1.54) is 35.6 Å². The number of phenolic OH excluding ortho intramolecular Hbond substituents is 1. The standard InChI is InChI=1S/C16H11FN2O2S/c17-11-4-6-12(7-5-11)18-15(21)16-19-14(9-22-16)10-2-1-3-13(20)8-10/h1-9,20H,(H,18,21). The van der Waals surface area contributed by atoms with Gasteiger partial charge in [-0.15, -0.1) is 11.3 Å². The van der Waals surface area contributed by atoms with Crippen LogP contribution in [0.25, 0.3) is 11.3 Å². The van der Waals surface area contributed by atoms with Gasteiger partial charge in [0.2, 0.25) is 0 Å². The minimum Gasteiger partial charge on any atom is -0.508 e. The van der Waals surface area contributed by atoms with Gasteiger partial charge in [-0.05, 0) is 36.4 Å². The lowest BCUT2D eigenvalue weighted by atomic mass is 10.2. The molecule has 0 saturated carbocycles. The van der Waals surface area contributed by atoms with Gasteiger partial charge >= 0.3 is 0 Å². The van der Waals surface area contributed by atoms with Crippen molar-refractivity contribution in [3.63, 3.8) is 0 Å². The van der Waals surface area contributed by atoms with E-state index < -0.39 is 0 Å². The van der Waals surface area contributed by atoms with Crippen molar-refractivity contribution < 1.29 is 14.3 Å². The highest BCUT2D eigenvalue weighted by Crippen LogP contribution is 2.25. The van der Waals surface area contributed by atoms with Crippen LogP contribution in [0.15, 0.2) is 53.9 Å². The Kier molecular flexibility index (Phi) is 3.84. The summed E-state index contributed by atoms with van der Waals surface area (Å²) in [6, 6.07) is 12.2. The predicted molar refractivity (Wildman–Crippen MR) is 83.6 cm³/mol. The minimum absolute atomic E-state index is 0.141. The molecule has 3 rings (SSSR count). The Labute approximate surface area is 129 Å². The van der Waals surface area contributed by atoms with Crippen LogP contribution in [0.3, 0.4) is 0 Å². The number of hydrogen-bond donors (Lipinski definition) is 2. The number of carbonyl (C=O) groups excluding carboxylic acids is 1. The minimum atomic E-state index is -0.363. The van der Waals surface area contributed by atoms with E-state index in [1.54, 1.807) is 29.6 Å². The largest absolute Gasteiger partial charge is 0.508 e. The molecule has 0 aliphatic carbocycles. The zero-order valence-corrected chi connectivity index (χ0v) is 12.1. The third kappa shape index (κ3) is 3.12. The van der Waals surface area contributed by atoms with Crippen molar-refractivity contribution >= 4 is 22.9 Å². The van der Waals surface area contributed by atoms with E-state index in [2.05, 4.69) is 10.3 Å². The van der Waals surface area contributed by atoms with Crippen molar-refractivity contribution in [2.75, 3.05) is 5.32 Å². The summed E-state index contributed by atoms with van der Waals surface area (Å²) in [4.78, 5) is 16.4. The number of benzene rings is 2. The van der Waals surface area contributed by atoms with Crippen LogP contribution in [0, 0.1) is 5.82 Å². The Bertz CT molecular complexity index is 815. The Morgan fingerprint density at radius 2 is 1.95 bits per heavy atom. The molecule has 0 spiro atoms. The summed E-state index contributed by atoms with van der Waals surface area (Å²) in [6.45, 7) is 0. The van der Waals surface area contributed by atoms with Crippen LogP contribution < -0.4 is 5.32 Å². The molecule has 4 nitrogen and oxygen atoms in total. The molecule has 0 atom stereocenters. The SMILES string of the molecule is O=C(Nc1ccc(F)cc1)c1nc(-c2cccc(O)c2)cs1. The number of nitrogens with one attached hydrogen (secondary N) is 1. The molecular formula is C16H11FN2O2S. The van der Waals surface area contributed by atoms with E-state index in [-0.39, 0.29) is 17.5 Å². The van der Waals surface area contributed by atoms with E-state index >= 15 is 0 Å². The van der Waals surface area contributed by atoms with Crippen LogP contribution in [0.2, 0.25) is 0 Å². The van der Waals surface area contributed by atoms with Gasteiger partial charge < -0.3 is 10.4 Å². The van der Waals surface area contributed by atoms with E-state index in [0.29, 0.717) is 16.4 Å². The van der Waals surface area contributed by atoms with Crippen molar-refractivity contribution in [3.05, 3.63) is 64.7 Å². The summed E-state index contributed by atoms with van der Waals surface area (Å²) in [5.41, 5.74) is 1.85. The van der Waals surface area contributed by atoms with Crippen molar-refractivity contribution in [1.82, 2.24) is 4.98 Å². The van der Waals surface area contributed by atoms with Gasteiger partial charge in [0.1, 0.15) is 11.6 Å². The number of rotatable bonds is 3. The fraction of sp³-hybridized carbons (Fsp3) is 0. The van der Waals surface area contributed by atoms with Crippen LogP contribution in [-0.4, -0.2) is 16.0 Å². The normalized spacial score (nSPS) is 10.4. The fourth-order valence-corrected chi connectivity index (χ4v) is 2.61. The maximum absolute atomic E-state index is 12.8. The van der Waals surface area contributed by atoms with Crippen LogP contribution >= 0.6 is 11.3 Å². The van der Waals surface area contributed by atoms with Crippen LogP contribution in [0.1, 0.15) is 9.80 Å². The quantitative estimate of drug-likeness (QED) is 0.770. The third-order valence-electron chi connectivity index (χ3n) is 2.94. The summed E-state index contributed by atoms with van der Waals surface area (Å²) in [5.74, 6) is -0.579. The predicted octanol–water partition coefficient (Wildman–Crippen LogP) is 3.91. The van der Waals surface area contributed by atoms with Gasteiger partial charge in [-0.3, -0.25) is 4.79 Å². The van der Waals surface area contributed by atoms with Gasteiger partial charge in [-0.1, -0.05) is 12.1 Å². The fourth-order valence-electron chi connectivity index (χ4n) is 1.89. The number of amides is 1. The average molecular weight is 314 g/mol. The zero-order chi connectivity index (χ0) is 15.5. The number of aromatic hydroxyl groups is 1. The molecule has 2 aromatic carbocycles. The molecule has 3 aromatic rings. The van der Waals surface area contributed by atoms with Gasteiger partial charge in [0.15, 0.2) is 5.01 Å². The lowest BCUT2D eigenvalue weighted by Crippen LogP contribution is -2.11. The van der Waals surface area contributed by atoms with Gasteiger partial charge in [0.25, 0.3) is 5.91 Å². The molecule has 0 saturated heterocycles. The van der Waals surface area contributed by atoms with Crippen molar-refractivity contribution in [2.24, 2.45) is 0 Å². The Morgan fingerprint density at radius 3 is 2.68 bits per heavy atom. The second-order valence-electron chi connectivity index (χ2n) is 4.55. The number of nitrogens with zero attached hydrogens (tertiary/aromatic N) is 1. The van der Waals surface area contributed by atoms with Gasteiger partial charge in [-0.25, -0.2) is 9.37 Å². The van der Waals surface area contributed by atoms with Crippen LogP contribution in [0.4, 0.5) is 10.1 Å². The molecule has 6 heteroatoms. The number of aromatic nitrogens is 1. The summed E-state index contributed by atoms with van der Waals surface area (Å²) >= 11 is 1.20. The number of hydrogen-bond acceptors (Lipinski definition) is 4. The molecule has 0 aliphatic rings. The zero-order valence-electron chi connectivity index (χ0n) is 11.3. The highest BCUT2D eigenvalue weighted by molar-refractivity contribution is 7.12. The van der Waals surface area contributed by atoms with Crippen LogP contribution in [0.5, 0.6) is 5.75 Å². The monoisotopic (exact) mass is 314 g/mol. The van der Waals surface area contributed by atoms with Gasteiger partial charge in [-0.2, -0.15) is 0 Å². The number of thiazole rings is 1. The van der Waals surface area contributed by atoms with Crippen molar-refractivity contribution in [2.45, 2.75) is 0 Å². The summed E-state index contributed by atoms with van der Waals surface area (Å²) in [7, 11) is 0. The second kappa shape index (κ2) is 5.95. The van der Waals surface area contributed by atoms with E-state index in [4.69, 9.17) is 0 Å². The van der Waals surface area contributed by atoms with E-state index in [0.717, 1.165) is 5.56 Å². The van der Waals surface area contributed by atoms with Crippen molar-refractivity contribution in [1.29, 1.82) is 0 Å². The van der Waals surface area contributed by atoms with E-state index in [1.807, 2.05) is 0 Å². The van der Waals surface area contributed by atoms with E-state index in [9.17, 15) is 14.3 Å². The molecule has 1 aromatic heterocycles. The lowest BCUT2D eigenvalue weighted by Gasteiger charge is -2.02. The van der Waals surface area contributed by atoms with Crippen LogP contribution in [-0.2, 0) is 0 Å². The molecule has 0 fully saturated rings. The first-order chi connectivity index (χ1) is 10.6. The Hall–Kier alpha value is -2.73. The molecule has 0 radical (unpaired) electrons. The Morgan fingerprint density at radius 1 is 1.18 bits per heavy atom. The topological polar surface area (TPSA) is 62.2 Å². The highest BCUT2D eigenvalue weighted by atomic mass is 32.1. The first kappa shape index (κ1) is 14.2. The Balaban J connectivity index is 1.78. The first-order valence-corrected chi connectivity index (χ1v) is 7.31. The molecule has 1 amide bonds. The van der Waals surface area contributed by atoms with Gasteiger partial charge in [0.05, 0.1) is 5.69 Å². The molecule has 0 aliphatic heterocycles. The molecule has 2 N–H and O–H groups in total. The number of halogens is 1. The average Bonchev–Trinajstić information content (AvgIpc) is 3.00. The number of phenols is 1. The maximum Gasteiger partial charge on any atom is 0.284 e. The molecular weight excluding hydrogens is 303 g/mol. The third-order valence-corrected chi connectivity index (χ3v) is 3.78. The summed E-state index contributed by atoms with van der Waals surface area (Å²) < 4.78 is 12.8. The summed E-state index contributed by atoms with van der Waals surface area (Å²) in [5, 5.41) is 14.2. The second-order valence-corrected chi connectivity index (χ2v) is 5.41. The molecule has 1 heterocycles. The first-order valence-electron chi connectivity index (χ1n) is 6.44. The lowest BCUT2D eigenvalue weighted by molar-refractivity contribution is 0.102. The van der Waals surface area contributed by atoms with Gasteiger partial charge in [0, 0.05) is 16.6 Å².